The van der Waals surface area contributed by atoms with Gasteiger partial charge in [-0.3, -0.25) is 9.69 Å². The maximum absolute atomic E-state index is 11.8. The SMILES string of the molecule is C[C@H]1CCCN(Cc2cc(Br)c3c(c2)C(=O)NC3)C1. The molecule has 0 spiro atoms. The molecular formula is C15H19BrN2O. The first-order chi connectivity index (χ1) is 9.13. The molecule has 1 amide bonds. The molecule has 1 fully saturated rings. The van der Waals surface area contributed by atoms with E-state index in [-0.39, 0.29) is 5.91 Å². The summed E-state index contributed by atoms with van der Waals surface area (Å²) in [5, 5.41) is 2.88. The van der Waals surface area contributed by atoms with Crippen LogP contribution < -0.4 is 5.32 Å². The average molecular weight is 323 g/mol. The summed E-state index contributed by atoms with van der Waals surface area (Å²) in [7, 11) is 0. The van der Waals surface area contributed by atoms with E-state index in [1.165, 1.54) is 31.5 Å². The average Bonchev–Trinajstić information content (AvgIpc) is 2.72. The number of nitrogens with zero attached hydrogens (tertiary/aromatic N) is 1. The molecule has 2 aliphatic heterocycles. The summed E-state index contributed by atoms with van der Waals surface area (Å²) in [5.74, 6) is 0.847. The highest BCUT2D eigenvalue weighted by atomic mass is 79.9. The fourth-order valence-electron chi connectivity index (χ4n) is 3.12. The summed E-state index contributed by atoms with van der Waals surface area (Å²) in [4.78, 5) is 14.3. The van der Waals surface area contributed by atoms with Gasteiger partial charge < -0.3 is 5.32 Å². The third-order valence-corrected chi connectivity index (χ3v) is 4.78. The Kier molecular flexibility index (Phi) is 3.63. The van der Waals surface area contributed by atoms with Crippen molar-refractivity contribution in [2.75, 3.05) is 13.1 Å². The minimum Gasteiger partial charge on any atom is -0.348 e. The van der Waals surface area contributed by atoms with Gasteiger partial charge in [-0.1, -0.05) is 22.9 Å². The van der Waals surface area contributed by atoms with Crippen molar-refractivity contribution in [1.82, 2.24) is 10.2 Å². The molecule has 3 nitrogen and oxygen atoms in total. The molecule has 0 radical (unpaired) electrons. The molecule has 1 aromatic rings. The van der Waals surface area contributed by atoms with Crippen LogP contribution in [0, 0.1) is 5.92 Å². The van der Waals surface area contributed by atoms with Crippen LogP contribution in [0.1, 0.15) is 41.3 Å². The number of piperidine rings is 1. The lowest BCUT2D eigenvalue weighted by Gasteiger charge is -2.31. The molecular weight excluding hydrogens is 304 g/mol. The fraction of sp³-hybridized carbons (Fsp3) is 0.533. The lowest BCUT2D eigenvalue weighted by atomic mass is 9.99. The molecule has 102 valence electrons. The topological polar surface area (TPSA) is 32.3 Å². The van der Waals surface area contributed by atoms with Crippen LogP contribution in [0.5, 0.6) is 0 Å². The highest BCUT2D eigenvalue weighted by molar-refractivity contribution is 9.10. The third-order valence-electron chi connectivity index (χ3n) is 4.07. The Bertz CT molecular complexity index is 515. The number of halogens is 1. The normalized spacial score (nSPS) is 23.3. The maximum atomic E-state index is 11.8. The number of benzene rings is 1. The largest absolute Gasteiger partial charge is 0.348 e. The van der Waals surface area contributed by atoms with Crippen molar-refractivity contribution in [2.24, 2.45) is 5.92 Å². The van der Waals surface area contributed by atoms with E-state index in [1.54, 1.807) is 0 Å². The summed E-state index contributed by atoms with van der Waals surface area (Å²) in [6, 6.07) is 4.22. The van der Waals surface area contributed by atoms with Crippen molar-refractivity contribution in [2.45, 2.75) is 32.9 Å². The van der Waals surface area contributed by atoms with Gasteiger partial charge in [-0.25, -0.2) is 0 Å². The highest BCUT2D eigenvalue weighted by Gasteiger charge is 2.23. The minimum absolute atomic E-state index is 0.0598. The van der Waals surface area contributed by atoms with E-state index < -0.39 is 0 Å². The zero-order valence-electron chi connectivity index (χ0n) is 11.2. The van der Waals surface area contributed by atoms with Gasteiger partial charge in [0.25, 0.3) is 5.91 Å². The first-order valence-corrected chi connectivity index (χ1v) is 7.74. The molecule has 3 rings (SSSR count). The summed E-state index contributed by atoms with van der Waals surface area (Å²) in [6.45, 7) is 6.25. The van der Waals surface area contributed by atoms with E-state index in [2.05, 4.69) is 45.2 Å². The molecule has 0 unspecified atom stereocenters. The molecule has 19 heavy (non-hydrogen) atoms. The van der Waals surface area contributed by atoms with Gasteiger partial charge in [-0.05, 0) is 48.6 Å². The van der Waals surface area contributed by atoms with Crippen LogP contribution >= 0.6 is 15.9 Å². The quantitative estimate of drug-likeness (QED) is 0.908. The lowest BCUT2D eigenvalue weighted by molar-refractivity contribution is 0.0965. The molecule has 0 aliphatic carbocycles. The van der Waals surface area contributed by atoms with Gasteiger partial charge in [-0.2, -0.15) is 0 Å². The molecule has 0 saturated carbocycles. The van der Waals surface area contributed by atoms with Gasteiger partial charge in [0.2, 0.25) is 0 Å². The predicted molar refractivity (Wildman–Crippen MR) is 79.0 cm³/mol. The molecule has 2 aliphatic rings. The lowest BCUT2D eigenvalue weighted by Crippen LogP contribution is -2.33. The van der Waals surface area contributed by atoms with Gasteiger partial charge in [0, 0.05) is 29.7 Å². The Morgan fingerprint density at radius 1 is 1.47 bits per heavy atom. The predicted octanol–water partition coefficient (Wildman–Crippen LogP) is 2.92. The Morgan fingerprint density at radius 3 is 3.11 bits per heavy atom. The smallest absolute Gasteiger partial charge is 0.251 e. The van der Waals surface area contributed by atoms with Gasteiger partial charge in [0.05, 0.1) is 0 Å². The molecule has 4 heteroatoms. The van der Waals surface area contributed by atoms with E-state index in [9.17, 15) is 4.79 Å². The fourth-order valence-corrected chi connectivity index (χ4v) is 3.77. The molecule has 1 N–H and O–H groups in total. The Morgan fingerprint density at radius 2 is 2.32 bits per heavy atom. The zero-order valence-corrected chi connectivity index (χ0v) is 12.8. The number of hydrogen-bond acceptors (Lipinski definition) is 2. The Balaban J connectivity index is 1.80. The van der Waals surface area contributed by atoms with E-state index >= 15 is 0 Å². The summed E-state index contributed by atoms with van der Waals surface area (Å²) in [5.41, 5.74) is 3.17. The number of carbonyl (C=O) groups is 1. The second-order valence-electron chi connectivity index (χ2n) is 5.77. The monoisotopic (exact) mass is 322 g/mol. The van der Waals surface area contributed by atoms with Crippen molar-refractivity contribution in [3.8, 4) is 0 Å². The highest BCUT2D eigenvalue weighted by Crippen LogP contribution is 2.28. The Hall–Kier alpha value is -0.870. The minimum atomic E-state index is 0.0598. The molecule has 1 atom stereocenters. The van der Waals surface area contributed by atoms with Gasteiger partial charge in [-0.15, -0.1) is 0 Å². The van der Waals surface area contributed by atoms with E-state index in [1.807, 2.05) is 0 Å². The molecule has 1 aromatic carbocycles. The van der Waals surface area contributed by atoms with Crippen LogP contribution in [0.3, 0.4) is 0 Å². The van der Waals surface area contributed by atoms with Crippen LogP contribution in [-0.4, -0.2) is 23.9 Å². The standard InChI is InChI=1S/C15H19BrN2O/c1-10-3-2-4-18(8-10)9-11-5-12-13(14(16)6-11)7-17-15(12)19/h5-6,10H,2-4,7-9H2,1H3,(H,17,19)/t10-/m0/s1. The van der Waals surface area contributed by atoms with Gasteiger partial charge in [0.1, 0.15) is 0 Å². The second kappa shape index (κ2) is 5.25. The zero-order chi connectivity index (χ0) is 13.4. The van der Waals surface area contributed by atoms with Crippen molar-refractivity contribution in [1.29, 1.82) is 0 Å². The molecule has 1 saturated heterocycles. The van der Waals surface area contributed by atoms with Crippen molar-refractivity contribution < 1.29 is 4.79 Å². The first-order valence-electron chi connectivity index (χ1n) is 6.95. The number of carbonyl (C=O) groups excluding carboxylic acids is 1. The summed E-state index contributed by atoms with van der Waals surface area (Å²) >= 11 is 3.59. The number of rotatable bonds is 2. The first kappa shape index (κ1) is 13.1. The van der Waals surface area contributed by atoms with Crippen molar-refractivity contribution in [3.05, 3.63) is 33.3 Å². The molecule has 0 aromatic heterocycles. The molecule has 0 bridgehead atoms. The van der Waals surface area contributed by atoms with E-state index in [0.717, 1.165) is 28.1 Å². The summed E-state index contributed by atoms with van der Waals surface area (Å²) in [6.07, 6.45) is 2.63. The van der Waals surface area contributed by atoms with Gasteiger partial charge >= 0.3 is 0 Å². The number of likely N-dealkylation sites (tertiary alicyclic amines) is 1. The van der Waals surface area contributed by atoms with E-state index in [0.29, 0.717) is 6.54 Å². The van der Waals surface area contributed by atoms with Crippen LogP contribution in [0.2, 0.25) is 0 Å². The number of fused-ring (bicyclic) bond motifs is 1. The number of hydrogen-bond donors (Lipinski definition) is 1. The Labute approximate surface area is 122 Å². The van der Waals surface area contributed by atoms with Crippen LogP contribution in [0.4, 0.5) is 0 Å². The van der Waals surface area contributed by atoms with E-state index in [4.69, 9.17) is 0 Å². The second-order valence-corrected chi connectivity index (χ2v) is 6.62. The van der Waals surface area contributed by atoms with Crippen molar-refractivity contribution >= 4 is 21.8 Å². The third kappa shape index (κ3) is 2.70. The van der Waals surface area contributed by atoms with Crippen molar-refractivity contribution in [3.63, 3.8) is 0 Å². The number of amides is 1. The number of nitrogens with one attached hydrogen (secondary N) is 1. The van der Waals surface area contributed by atoms with Crippen LogP contribution in [-0.2, 0) is 13.1 Å². The maximum Gasteiger partial charge on any atom is 0.251 e. The van der Waals surface area contributed by atoms with Crippen LogP contribution in [0.25, 0.3) is 0 Å². The van der Waals surface area contributed by atoms with Crippen LogP contribution in [0.15, 0.2) is 16.6 Å². The van der Waals surface area contributed by atoms with Gasteiger partial charge in [0.15, 0.2) is 0 Å². The summed E-state index contributed by atoms with van der Waals surface area (Å²) < 4.78 is 1.06. The molecule has 2 heterocycles.